The van der Waals surface area contributed by atoms with E-state index in [1.165, 1.54) is 18.2 Å². The lowest BCUT2D eigenvalue weighted by Crippen LogP contribution is -2.54. The zero-order valence-electron chi connectivity index (χ0n) is 12.1. The van der Waals surface area contributed by atoms with Gasteiger partial charge in [0.05, 0.1) is 5.69 Å². The van der Waals surface area contributed by atoms with Crippen molar-refractivity contribution in [1.82, 2.24) is 9.88 Å². The number of aryl methyl sites for hydroxylation is 1. The van der Waals surface area contributed by atoms with E-state index in [2.05, 4.69) is 5.32 Å². The van der Waals surface area contributed by atoms with Crippen molar-refractivity contribution in [3.63, 3.8) is 0 Å². The predicted molar refractivity (Wildman–Crippen MR) is 85.9 cm³/mol. The third kappa shape index (κ3) is 2.76. The van der Waals surface area contributed by atoms with Crippen molar-refractivity contribution in [3.8, 4) is 0 Å². The Hall–Kier alpha value is -2.86. The molecule has 0 radical (unpaired) electrons. The van der Waals surface area contributed by atoms with Gasteiger partial charge in [0.1, 0.15) is 5.57 Å². The Kier molecular flexibility index (Phi) is 3.75. The number of benzene rings is 1. The number of carbonyl (C=O) groups excluding carboxylic acids is 3. The fourth-order valence-electron chi connectivity index (χ4n) is 2.25. The highest BCUT2D eigenvalue weighted by Gasteiger charge is 2.36. The Morgan fingerprint density at radius 1 is 1.09 bits per heavy atom. The number of halogens is 1. The van der Waals surface area contributed by atoms with Crippen LogP contribution in [0.25, 0.3) is 6.08 Å². The summed E-state index contributed by atoms with van der Waals surface area (Å²) in [6.07, 6.45) is 3.24. The minimum Gasteiger partial charge on any atom is -0.351 e. The van der Waals surface area contributed by atoms with Gasteiger partial charge in [-0.3, -0.25) is 14.9 Å². The van der Waals surface area contributed by atoms with Gasteiger partial charge in [-0.15, -0.1) is 0 Å². The molecule has 0 spiro atoms. The lowest BCUT2D eigenvalue weighted by Gasteiger charge is -2.26. The molecule has 1 fully saturated rings. The molecule has 1 aromatic carbocycles. The smallest absolute Gasteiger partial charge is 0.335 e. The zero-order chi connectivity index (χ0) is 16.6. The number of hydrogen-bond acceptors (Lipinski definition) is 3. The van der Waals surface area contributed by atoms with Crippen molar-refractivity contribution in [1.29, 1.82) is 0 Å². The zero-order valence-corrected chi connectivity index (χ0v) is 12.9. The summed E-state index contributed by atoms with van der Waals surface area (Å²) in [5.74, 6) is -1.39. The molecule has 1 aliphatic heterocycles. The highest BCUT2D eigenvalue weighted by molar-refractivity contribution is 6.39. The Balaban J connectivity index is 2.02. The molecule has 0 unspecified atom stereocenters. The van der Waals surface area contributed by atoms with E-state index in [0.29, 0.717) is 16.4 Å². The van der Waals surface area contributed by atoms with Gasteiger partial charge in [0.25, 0.3) is 11.8 Å². The molecule has 116 valence electrons. The van der Waals surface area contributed by atoms with E-state index in [-0.39, 0.29) is 5.57 Å². The molecule has 0 aliphatic carbocycles. The molecule has 6 nitrogen and oxygen atoms in total. The van der Waals surface area contributed by atoms with Gasteiger partial charge in [0, 0.05) is 24.0 Å². The molecule has 0 bridgehead atoms. The number of amides is 4. The molecule has 0 atom stereocenters. The van der Waals surface area contributed by atoms with Crippen LogP contribution < -0.4 is 10.2 Å². The molecule has 23 heavy (non-hydrogen) atoms. The SMILES string of the molecule is Cn1cccc1/C=C1/C(=O)NC(=O)N(c2ccc(Cl)cc2)C1=O. The van der Waals surface area contributed by atoms with Crippen LogP contribution in [-0.2, 0) is 16.6 Å². The molecule has 3 rings (SSSR count). The number of aromatic nitrogens is 1. The van der Waals surface area contributed by atoms with Gasteiger partial charge in [-0.25, -0.2) is 9.69 Å². The van der Waals surface area contributed by atoms with Crippen molar-refractivity contribution in [2.45, 2.75) is 0 Å². The molecule has 4 amide bonds. The van der Waals surface area contributed by atoms with Crippen LogP contribution in [0.5, 0.6) is 0 Å². The van der Waals surface area contributed by atoms with Crippen LogP contribution in [0, 0.1) is 0 Å². The first-order chi connectivity index (χ1) is 11.0. The first-order valence-electron chi connectivity index (χ1n) is 6.76. The number of nitrogens with zero attached hydrogens (tertiary/aromatic N) is 2. The number of urea groups is 1. The highest BCUT2D eigenvalue weighted by Crippen LogP contribution is 2.23. The summed E-state index contributed by atoms with van der Waals surface area (Å²) in [6.45, 7) is 0. The largest absolute Gasteiger partial charge is 0.351 e. The van der Waals surface area contributed by atoms with E-state index in [1.54, 1.807) is 42.1 Å². The van der Waals surface area contributed by atoms with Crippen LogP contribution in [-0.4, -0.2) is 22.4 Å². The van der Waals surface area contributed by atoms with Crippen LogP contribution in [0.1, 0.15) is 5.69 Å². The average Bonchev–Trinajstić information content (AvgIpc) is 2.90. The lowest BCUT2D eigenvalue weighted by atomic mass is 10.1. The molecule has 2 heterocycles. The predicted octanol–water partition coefficient (Wildman–Crippen LogP) is 2.34. The maximum atomic E-state index is 12.6. The van der Waals surface area contributed by atoms with Gasteiger partial charge < -0.3 is 4.57 Å². The van der Waals surface area contributed by atoms with E-state index in [4.69, 9.17) is 11.6 Å². The number of anilines is 1. The standard InChI is InChI=1S/C16H12ClN3O3/c1-19-8-2-3-12(19)9-13-14(21)18-16(23)20(15(13)22)11-6-4-10(17)5-7-11/h2-9H,1H3,(H,18,21,23)/b13-9-. The van der Waals surface area contributed by atoms with E-state index in [9.17, 15) is 14.4 Å². The number of barbiturate groups is 1. The molecule has 1 aliphatic rings. The molecule has 1 saturated heterocycles. The minimum absolute atomic E-state index is 0.110. The van der Waals surface area contributed by atoms with Crippen LogP contribution in [0.2, 0.25) is 5.02 Å². The maximum absolute atomic E-state index is 12.6. The Bertz CT molecular complexity index is 837. The van der Waals surface area contributed by atoms with Gasteiger partial charge in [-0.2, -0.15) is 0 Å². The number of rotatable bonds is 2. The molecule has 1 N–H and O–H groups in total. The van der Waals surface area contributed by atoms with Crippen LogP contribution in [0.3, 0.4) is 0 Å². The van der Waals surface area contributed by atoms with Gasteiger partial charge in [0.2, 0.25) is 0 Å². The lowest BCUT2D eigenvalue weighted by molar-refractivity contribution is -0.122. The summed E-state index contributed by atoms with van der Waals surface area (Å²) < 4.78 is 1.76. The minimum atomic E-state index is -0.786. The van der Waals surface area contributed by atoms with Gasteiger partial charge in [0.15, 0.2) is 0 Å². The van der Waals surface area contributed by atoms with E-state index < -0.39 is 17.8 Å². The van der Waals surface area contributed by atoms with Crippen molar-refractivity contribution < 1.29 is 14.4 Å². The number of hydrogen-bond donors (Lipinski definition) is 1. The molecule has 7 heteroatoms. The van der Waals surface area contributed by atoms with Crippen LogP contribution in [0.4, 0.5) is 10.5 Å². The Morgan fingerprint density at radius 2 is 1.78 bits per heavy atom. The van der Waals surface area contributed by atoms with E-state index in [1.807, 2.05) is 0 Å². The first-order valence-corrected chi connectivity index (χ1v) is 7.13. The molecule has 1 aromatic heterocycles. The highest BCUT2D eigenvalue weighted by atomic mass is 35.5. The third-order valence-corrected chi connectivity index (χ3v) is 3.71. The van der Waals surface area contributed by atoms with Crippen molar-refractivity contribution in [2.24, 2.45) is 7.05 Å². The second kappa shape index (κ2) is 5.73. The topological polar surface area (TPSA) is 71.4 Å². The maximum Gasteiger partial charge on any atom is 0.335 e. The fraction of sp³-hybridized carbons (Fsp3) is 0.0625. The van der Waals surface area contributed by atoms with Crippen molar-refractivity contribution >= 4 is 41.2 Å². The Labute approximate surface area is 136 Å². The molecule has 0 saturated carbocycles. The summed E-state index contributed by atoms with van der Waals surface area (Å²) in [5, 5.41) is 2.65. The summed E-state index contributed by atoms with van der Waals surface area (Å²) >= 11 is 5.82. The summed E-state index contributed by atoms with van der Waals surface area (Å²) in [5.41, 5.74) is 0.900. The molecular weight excluding hydrogens is 318 g/mol. The van der Waals surface area contributed by atoms with Gasteiger partial charge in [-0.05, 0) is 42.5 Å². The second-order valence-electron chi connectivity index (χ2n) is 4.98. The van der Waals surface area contributed by atoms with Gasteiger partial charge in [-0.1, -0.05) is 11.6 Å². The van der Waals surface area contributed by atoms with Crippen LogP contribution in [0.15, 0.2) is 48.2 Å². The van der Waals surface area contributed by atoms with Crippen LogP contribution >= 0.6 is 11.6 Å². The van der Waals surface area contributed by atoms with Crippen molar-refractivity contribution in [2.75, 3.05) is 4.90 Å². The quantitative estimate of drug-likeness (QED) is 0.679. The second-order valence-corrected chi connectivity index (χ2v) is 5.41. The molecular formula is C16H12ClN3O3. The van der Waals surface area contributed by atoms with Gasteiger partial charge >= 0.3 is 6.03 Å². The third-order valence-electron chi connectivity index (χ3n) is 3.46. The van der Waals surface area contributed by atoms with Crippen molar-refractivity contribution in [3.05, 3.63) is 58.9 Å². The Morgan fingerprint density at radius 3 is 2.39 bits per heavy atom. The number of nitrogens with one attached hydrogen (secondary N) is 1. The fourth-order valence-corrected chi connectivity index (χ4v) is 2.38. The summed E-state index contributed by atoms with van der Waals surface area (Å²) in [7, 11) is 1.79. The number of imide groups is 2. The normalized spacial score (nSPS) is 16.9. The van der Waals surface area contributed by atoms with E-state index in [0.717, 1.165) is 4.90 Å². The summed E-state index contributed by atoms with van der Waals surface area (Å²) in [4.78, 5) is 37.5. The number of carbonyl (C=O) groups is 3. The van der Waals surface area contributed by atoms with E-state index >= 15 is 0 Å². The average molecular weight is 330 g/mol. The summed E-state index contributed by atoms with van der Waals surface area (Å²) in [6, 6.07) is 8.97. The molecule has 2 aromatic rings. The first kappa shape index (κ1) is 15.1. The monoisotopic (exact) mass is 329 g/mol.